The second kappa shape index (κ2) is 14.2. The molecule has 5 nitrogen and oxygen atoms in total. The highest BCUT2D eigenvalue weighted by Gasteiger charge is 2.13. The highest BCUT2D eigenvalue weighted by atomic mass is 35.5. The van der Waals surface area contributed by atoms with Crippen LogP contribution >= 0.6 is 11.6 Å². The van der Waals surface area contributed by atoms with Gasteiger partial charge in [-0.15, -0.1) is 0 Å². The fourth-order valence-electron chi connectivity index (χ4n) is 3.89. The third-order valence-corrected chi connectivity index (χ3v) is 6.20. The van der Waals surface area contributed by atoms with Crippen LogP contribution in [0.4, 0.5) is 4.39 Å². The molecule has 1 aliphatic rings. The van der Waals surface area contributed by atoms with Gasteiger partial charge in [0, 0.05) is 29.8 Å². The molecule has 0 fully saturated rings. The molecule has 2 aromatic rings. The van der Waals surface area contributed by atoms with Gasteiger partial charge in [-0.1, -0.05) is 42.8 Å². The predicted molar refractivity (Wildman–Crippen MR) is 144 cm³/mol. The highest BCUT2D eigenvalue weighted by molar-refractivity contribution is 6.30. The largest absolute Gasteiger partial charge is 0.351 e. The first-order valence-electron chi connectivity index (χ1n) is 12.1. The molecule has 188 valence electrons. The van der Waals surface area contributed by atoms with Gasteiger partial charge in [0.1, 0.15) is 18.8 Å². The van der Waals surface area contributed by atoms with Crippen molar-refractivity contribution in [1.82, 2.24) is 5.32 Å². The van der Waals surface area contributed by atoms with Crippen molar-refractivity contribution in [2.24, 2.45) is 9.98 Å². The van der Waals surface area contributed by atoms with Gasteiger partial charge in [0.25, 0.3) is 5.91 Å². The quantitative estimate of drug-likeness (QED) is 0.306. The Morgan fingerprint density at radius 2 is 1.86 bits per heavy atom. The smallest absolute Gasteiger partial charge is 0.252 e. The third-order valence-electron chi connectivity index (χ3n) is 5.95. The number of carbonyl (C=O) groups excluding carboxylic acids is 2. The van der Waals surface area contributed by atoms with E-state index in [0.29, 0.717) is 30.0 Å². The van der Waals surface area contributed by atoms with Crippen molar-refractivity contribution in [3.8, 4) is 0 Å². The minimum Gasteiger partial charge on any atom is -0.351 e. The van der Waals surface area contributed by atoms with E-state index >= 15 is 0 Å². The molecule has 0 unspecified atom stereocenters. The molecule has 0 bridgehead atoms. The fraction of sp³-hybridized carbons (Fsp3) is 0.310. The first-order valence-corrected chi connectivity index (χ1v) is 12.5. The summed E-state index contributed by atoms with van der Waals surface area (Å²) in [6.07, 6.45) is 9.74. The second-order valence-corrected chi connectivity index (χ2v) is 9.10. The number of unbranched alkanes of at least 4 members (excludes halogenated alkanes) is 2. The van der Waals surface area contributed by atoms with E-state index < -0.39 is 0 Å². The maximum atomic E-state index is 13.5. The number of aliphatic imine (C=N–C) groups is 2. The van der Waals surface area contributed by atoms with Crippen LogP contribution < -0.4 is 5.32 Å². The summed E-state index contributed by atoms with van der Waals surface area (Å²) in [6.45, 7) is 2.67. The molecule has 7 heteroatoms. The van der Waals surface area contributed by atoms with Gasteiger partial charge in [0.2, 0.25) is 0 Å². The van der Waals surface area contributed by atoms with Gasteiger partial charge >= 0.3 is 0 Å². The zero-order valence-electron chi connectivity index (χ0n) is 20.4. The molecule has 2 aromatic carbocycles. The van der Waals surface area contributed by atoms with Crippen LogP contribution in [0.1, 0.15) is 56.1 Å². The molecule has 1 amide bonds. The van der Waals surface area contributed by atoms with E-state index in [1.165, 1.54) is 12.1 Å². The van der Waals surface area contributed by atoms with Crippen molar-refractivity contribution in [2.45, 2.75) is 44.9 Å². The summed E-state index contributed by atoms with van der Waals surface area (Å²) in [5, 5.41) is 3.67. The van der Waals surface area contributed by atoms with E-state index in [1.54, 1.807) is 18.3 Å². The van der Waals surface area contributed by atoms with Crippen LogP contribution in [0.2, 0.25) is 5.02 Å². The Hall–Kier alpha value is -3.38. The molecule has 1 aliphatic heterocycles. The number of benzene rings is 2. The molecular formula is C29H31ClFN3O2. The topological polar surface area (TPSA) is 70.9 Å². The first kappa shape index (κ1) is 27.2. The zero-order valence-corrected chi connectivity index (χ0v) is 21.2. The molecular weight excluding hydrogens is 477 g/mol. The maximum absolute atomic E-state index is 13.5. The Labute approximate surface area is 216 Å². The number of carbonyl (C=O) groups is 2. The summed E-state index contributed by atoms with van der Waals surface area (Å²) in [5.74, 6) is -0.370. The average molecular weight is 508 g/mol. The number of hydrogen-bond acceptors (Lipinski definition) is 4. The maximum Gasteiger partial charge on any atom is 0.252 e. The predicted octanol–water partition coefficient (Wildman–Crippen LogP) is 6.23. The molecule has 0 spiro atoms. The van der Waals surface area contributed by atoms with Gasteiger partial charge in [-0.3, -0.25) is 14.8 Å². The SMILES string of the molecule is C[C@H](CNC(=O)C1=CC/C=C(/CCCCC=O)C(c2ccc(F)cc2)=NCN=C1)c1ccc(Cl)cc1. The van der Waals surface area contributed by atoms with Crippen LogP contribution in [0, 0.1) is 5.82 Å². The van der Waals surface area contributed by atoms with Gasteiger partial charge in [-0.25, -0.2) is 4.39 Å². The van der Waals surface area contributed by atoms with Crippen molar-refractivity contribution < 1.29 is 14.0 Å². The van der Waals surface area contributed by atoms with Crippen LogP contribution in [0.3, 0.4) is 0 Å². The lowest BCUT2D eigenvalue weighted by Crippen LogP contribution is -2.29. The van der Waals surface area contributed by atoms with Crippen LogP contribution in [0.15, 0.2) is 81.8 Å². The average Bonchev–Trinajstić information content (AvgIpc) is 2.89. The van der Waals surface area contributed by atoms with E-state index in [4.69, 9.17) is 11.6 Å². The molecule has 0 saturated heterocycles. The number of halogens is 2. The van der Waals surface area contributed by atoms with Crippen LogP contribution in [-0.4, -0.2) is 37.3 Å². The lowest BCUT2D eigenvalue weighted by molar-refractivity contribution is -0.117. The minimum absolute atomic E-state index is 0.129. The normalized spacial score (nSPS) is 16.2. The molecule has 0 radical (unpaired) electrons. The number of allylic oxidation sites excluding steroid dienone is 3. The Balaban J connectivity index is 1.73. The molecule has 3 rings (SSSR count). The summed E-state index contributed by atoms with van der Waals surface area (Å²) in [7, 11) is 0. The lowest BCUT2D eigenvalue weighted by atomic mass is 9.96. The molecule has 1 atom stereocenters. The molecule has 0 saturated carbocycles. The van der Waals surface area contributed by atoms with Crippen LogP contribution in [0.25, 0.3) is 0 Å². The molecule has 0 aliphatic carbocycles. The fourth-order valence-corrected chi connectivity index (χ4v) is 4.01. The number of rotatable bonds is 10. The third kappa shape index (κ3) is 8.38. The van der Waals surface area contributed by atoms with Crippen molar-refractivity contribution in [2.75, 3.05) is 13.2 Å². The van der Waals surface area contributed by atoms with Gasteiger partial charge < -0.3 is 10.1 Å². The number of hydrogen-bond donors (Lipinski definition) is 1. The van der Waals surface area contributed by atoms with Crippen molar-refractivity contribution >= 4 is 35.7 Å². The highest BCUT2D eigenvalue weighted by Crippen LogP contribution is 2.20. The molecule has 1 N–H and O–H groups in total. The minimum atomic E-state index is -0.308. The summed E-state index contributed by atoms with van der Waals surface area (Å²) in [4.78, 5) is 32.6. The Kier molecular flexibility index (Phi) is 10.8. The Morgan fingerprint density at radius 1 is 1.11 bits per heavy atom. The Bertz CT molecular complexity index is 1150. The number of nitrogens with one attached hydrogen (secondary N) is 1. The number of amides is 1. The molecule has 0 aromatic heterocycles. The van der Waals surface area contributed by atoms with Gasteiger partial charge in [-0.2, -0.15) is 0 Å². The van der Waals surface area contributed by atoms with E-state index in [2.05, 4.69) is 15.3 Å². The van der Waals surface area contributed by atoms with Gasteiger partial charge in [0.05, 0.1) is 11.3 Å². The molecule has 36 heavy (non-hydrogen) atoms. The van der Waals surface area contributed by atoms with Gasteiger partial charge in [0.15, 0.2) is 0 Å². The molecule has 1 heterocycles. The van der Waals surface area contributed by atoms with Crippen molar-refractivity contribution in [1.29, 1.82) is 0 Å². The van der Waals surface area contributed by atoms with Crippen LogP contribution in [-0.2, 0) is 9.59 Å². The summed E-state index contributed by atoms with van der Waals surface area (Å²) in [5.41, 5.74) is 4.15. The second-order valence-electron chi connectivity index (χ2n) is 8.67. The van der Waals surface area contributed by atoms with E-state index in [1.807, 2.05) is 43.3 Å². The number of aldehydes is 1. The summed E-state index contributed by atoms with van der Waals surface area (Å²) < 4.78 is 13.5. The zero-order chi connectivity index (χ0) is 25.8. The van der Waals surface area contributed by atoms with Crippen LogP contribution in [0.5, 0.6) is 0 Å². The lowest BCUT2D eigenvalue weighted by Gasteiger charge is -2.14. The van der Waals surface area contributed by atoms with E-state index in [-0.39, 0.29) is 24.3 Å². The first-order chi connectivity index (χ1) is 17.5. The standard InChI is InChI=1S/C29H31ClFN3O2/c1-21(22-9-13-26(30)14-10-22)18-33-29(36)25-8-5-7-23(6-3-2-4-17-35)28(34-20-32-19-25)24-11-15-27(31)16-12-24/h7-17,19,21H,2-6,18,20H2,1H3,(H,33,36)/b23-7-,25-8?,32-19?,34-28?/t21-/m1/s1. The van der Waals surface area contributed by atoms with E-state index in [9.17, 15) is 14.0 Å². The van der Waals surface area contributed by atoms with Crippen molar-refractivity contribution in [3.05, 3.63) is 93.8 Å². The monoisotopic (exact) mass is 507 g/mol. The Morgan fingerprint density at radius 3 is 2.58 bits per heavy atom. The number of nitrogens with zero attached hydrogens (tertiary/aromatic N) is 2. The summed E-state index contributed by atoms with van der Waals surface area (Å²) in [6, 6.07) is 13.8. The summed E-state index contributed by atoms with van der Waals surface area (Å²) >= 11 is 5.97. The van der Waals surface area contributed by atoms with Gasteiger partial charge in [-0.05, 0) is 79.1 Å². The van der Waals surface area contributed by atoms with Crippen molar-refractivity contribution in [3.63, 3.8) is 0 Å². The van der Waals surface area contributed by atoms with E-state index in [0.717, 1.165) is 48.0 Å².